The molecule has 0 aliphatic carbocycles. The lowest BCUT2D eigenvalue weighted by molar-refractivity contribution is 0.0974. The first-order valence-corrected chi connectivity index (χ1v) is 10.8. The molecule has 1 amide bonds. The Morgan fingerprint density at radius 3 is 2.61 bits per heavy atom. The molecule has 1 saturated heterocycles. The lowest BCUT2D eigenvalue weighted by Gasteiger charge is -2.37. The van der Waals surface area contributed by atoms with Crippen molar-refractivity contribution in [1.82, 2.24) is 29.5 Å². The summed E-state index contributed by atoms with van der Waals surface area (Å²) in [4.78, 5) is 29.6. The van der Waals surface area contributed by atoms with Gasteiger partial charge in [-0.15, -0.1) is 0 Å². The maximum atomic E-state index is 11.3. The molecule has 5 heterocycles. The summed E-state index contributed by atoms with van der Waals surface area (Å²) in [6, 6.07) is 6.12. The highest BCUT2D eigenvalue weighted by Crippen LogP contribution is 2.26. The van der Waals surface area contributed by atoms with Gasteiger partial charge in [0.1, 0.15) is 18.4 Å². The number of furan rings is 1. The van der Waals surface area contributed by atoms with Gasteiger partial charge in [0.25, 0.3) is 5.91 Å². The number of carbonyl (C=O) groups is 1. The number of carbonyl (C=O) groups excluding carboxylic acids is 1. The van der Waals surface area contributed by atoms with E-state index < -0.39 is 5.91 Å². The first-order chi connectivity index (χ1) is 16.0. The maximum Gasteiger partial charge on any atom is 0.284 e. The van der Waals surface area contributed by atoms with Crippen molar-refractivity contribution >= 4 is 28.9 Å². The van der Waals surface area contributed by atoms with Gasteiger partial charge in [0.05, 0.1) is 23.8 Å². The Morgan fingerprint density at radius 1 is 1.12 bits per heavy atom. The molecule has 4 aromatic rings. The van der Waals surface area contributed by atoms with Crippen molar-refractivity contribution in [3.8, 4) is 11.3 Å². The van der Waals surface area contributed by atoms with Crippen LogP contribution in [0.15, 0.2) is 47.6 Å². The van der Waals surface area contributed by atoms with Crippen LogP contribution in [0.25, 0.3) is 16.9 Å². The molecule has 0 saturated carbocycles. The fourth-order valence-electron chi connectivity index (χ4n) is 3.95. The van der Waals surface area contributed by atoms with Crippen molar-refractivity contribution in [1.29, 1.82) is 0 Å². The van der Waals surface area contributed by atoms with Crippen molar-refractivity contribution < 1.29 is 9.21 Å². The van der Waals surface area contributed by atoms with Crippen molar-refractivity contribution in [3.63, 3.8) is 0 Å². The standard InChI is InChI=1S/C22H25N9O2/c1-14(2)29-5-7-30(8-6-29)19-4-3-16(10-24-19)28-21-22-26-13-27-31(22)17(11-25-21)15-9-18(20(23)32)33-12-15/h3-4,9-14H,5-8H2,1-2H3,(H2,23,32)(H,25,28). The van der Waals surface area contributed by atoms with Gasteiger partial charge in [0.15, 0.2) is 17.2 Å². The van der Waals surface area contributed by atoms with Crippen molar-refractivity contribution in [2.45, 2.75) is 19.9 Å². The highest BCUT2D eigenvalue weighted by molar-refractivity contribution is 5.91. The van der Waals surface area contributed by atoms with Gasteiger partial charge in [-0.25, -0.2) is 19.5 Å². The number of primary amides is 1. The second kappa shape index (κ2) is 8.51. The number of amides is 1. The Kier molecular flexibility index (Phi) is 5.38. The molecular formula is C22H25N9O2. The van der Waals surface area contributed by atoms with Crippen LogP contribution < -0.4 is 16.0 Å². The second-order valence-electron chi connectivity index (χ2n) is 8.20. The summed E-state index contributed by atoms with van der Waals surface area (Å²) in [5, 5.41) is 7.55. The number of piperazine rings is 1. The number of hydrogen-bond acceptors (Lipinski definition) is 9. The quantitative estimate of drug-likeness (QED) is 0.456. The lowest BCUT2D eigenvalue weighted by Crippen LogP contribution is -2.49. The average molecular weight is 448 g/mol. The van der Waals surface area contributed by atoms with Gasteiger partial charge in [-0.05, 0) is 32.0 Å². The van der Waals surface area contributed by atoms with Gasteiger partial charge >= 0.3 is 0 Å². The molecule has 0 unspecified atom stereocenters. The molecule has 3 N–H and O–H groups in total. The van der Waals surface area contributed by atoms with E-state index in [1.165, 1.54) is 12.6 Å². The van der Waals surface area contributed by atoms with Crippen molar-refractivity contribution in [3.05, 3.63) is 48.9 Å². The van der Waals surface area contributed by atoms with E-state index in [2.05, 4.69) is 49.0 Å². The summed E-state index contributed by atoms with van der Waals surface area (Å²) in [5.41, 5.74) is 7.86. The highest BCUT2D eigenvalue weighted by Gasteiger charge is 2.20. The molecule has 1 aliphatic heterocycles. The summed E-state index contributed by atoms with van der Waals surface area (Å²) >= 11 is 0. The Hall–Kier alpha value is -3.99. The molecular weight excluding hydrogens is 422 g/mol. The van der Waals surface area contributed by atoms with E-state index in [9.17, 15) is 4.79 Å². The minimum atomic E-state index is -0.639. The predicted molar refractivity (Wildman–Crippen MR) is 123 cm³/mol. The smallest absolute Gasteiger partial charge is 0.284 e. The number of pyridine rings is 1. The van der Waals surface area contributed by atoms with Crippen LogP contribution in [-0.4, -0.2) is 67.6 Å². The van der Waals surface area contributed by atoms with Gasteiger partial charge in [0, 0.05) is 37.8 Å². The highest BCUT2D eigenvalue weighted by atomic mass is 16.3. The summed E-state index contributed by atoms with van der Waals surface area (Å²) < 4.78 is 6.84. The van der Waals surface area contributed by atoms with E-state index in [4.69, 9.17) is 10.2 Å². The number of hydrogen-bond donors (Lipinski definition) is 2. The summed E-state index contributed by atoms with van der Waals surface area (Å²) in [5.74, 6) is 0.928. The molecule has 0 aromatic carbocycles. The molecule has 0 radical (unpaired) electrons. The van der Waals surface area contributed by atoms with Crippen LogP contribution in [-0.2, 0) is 0 Å². The molecule has 11 heteroatoms. The third-order valence-electron chi connectivity index (χ3n) is 5.82. The van der Waals surface area contributed by atoms with E-state index >= 15 is 0 Å². The van der Waals surface area contributed by atoms with Crippen LogP contribution in [0.4, 0.5) is 17.3 Å². The van der Waals surface area contributed by atoms with Gasteiger partial charge in [-0.3, -0.25) is 9.69 Å². The number of nitrogens with one attached hydrogen (secondary N) is 1. The third-order valence-corrected chi connectivity index (χ3v) is 5.82. The summed E-state index contributed by atoms with van der Waals surface area (Å²) in [7, 11) is 0. The average Bonchev–Trinajstić information content (AvgIpc) is 3.51. The number of nitrogens with zero attached hydrogens (tertiary/aromatic N) is 7. The molecule has 4 aromatic heterocycles. The molecule has 1 aliphatic rings. The van der Waals surface area contributed by atoms with Crippen LogP contribution in [0.1, 0.15) is 24.4 Å². The maximum absolute atomic E-state index is 11.3. The number of anilines is 3. The molecule has 0 bridgehead atoms. The van der Waals surface area contributed by atoms with Crippen LogP contribution in [0.2, 0.25) is 0 Å². The van der Waals surface area contributed by atoms with Gasteiger partial charge < -0.3 is 20.4 Å². The van der Waals surface area contributed by atoms with Crippen LogP contribution in [0, 0.1) is 0 Å². The molecule has 1 fully saturated rings. The number of rotatable bonds is 6. The summed E-state index contributed by atoms with van der Waals surface area (Å²) in [6.07, 6.45) is 6.31. The van der Waals surface area contributed by atoms with Crippen molar-refractivity contribution in [2.75, 3.05) is 36.4 Å². The fourth-order valence-corrected chi connectivity index (χ4v) is 3.95. The largest absolute Gasteiger partial charge is 0.458 e. The first kappa shape index (κ1) is 20.9. The van der Waals surface area contributed by atoms with E-state index in [1.807, 2.05) is 12.1 Å². The molecule has 0 spiro atoms. The zero-order valence-corrected chi connectivity index (χ0v) is 18.5. The lowest BCUT2D eigenvalue weighted by atomic mass is 10.2. The van der Waals surface area contributed by atoms with Crippen LogP contribution in [0.3, 0.4) is 0 Å². The molecule has 170 valence electrons. The SMILES string of the molecule is CC(C)N1CCN(c2ccc(Nc3ncc(-c4coc(C(N)=O)c4)n4ncnc34)cn2)CC1. The Balaban J connectivity index is 1.33. The second-order valence-corrected chi connectivity index (χ2v) is 8.20. The van der Waals surface area contributed by atoms with E-state index in [0.717, 1.165) is 37.7 Å². The fraction of sp³-hybridized carbons (Fsp3) is 0.318. The molecule has 33 heavy (non-hydrogen) atoms. The molecule has 5 rings (SSSR count). The Labute approximate surface area is 190 Å². The Bertz CT molecular complexity index is 1270. The predicted octanol–water partition coefficient (Wildman–Crippen LogP) is 2.15. The van der Waals surface area contributed by atoms with Gasteiger partial charge in [0.2, 0.25) is 0 Å². The van der Waals surface area contributed by atoms with E-state index in [0.29, 0.717) is 28.8 Å². The normalized spacial score (nSPS) is 14.8. The third kappa shape index (κ3) is 4.10. The number of nitrogens with two attached hydrogens (primary N) is 1. The van der Waals surface area contributed by atoms with Crippen LogP contribution in [0.5, 0.6) is 0 Å². The van der Waals surface area contributed by atoms with E-state index in [-0.39, 0.29) is 5.76 Å². The Morgan fingerprint density at radius 2 is 1.94 bits per heavy atom. The number of aromatic nitrogens is 5. The number of fused-ring (bicyclic) bond motifs is 1. The molecule has 0 atom stereocenters. The zero-order valence-electron chi connectivity index (χ0n) is 18.5. The topological polar surface area (TPSA) is 131 Å². The summed E-state index contributed by atoms with van der Waals surface area (Å²) in [6.45, 7) is 8.47. The van der Waals surface area contributed by atoms with Gasteiger partial charge in [-0.2, -0.15) is 5.10 Å². The minimum absolute atomic E-state index is 0.0669. The monoisotopic (exact) mass is 447 g/mol. The minimum Gasteiger partial charge on any atom is -0.458 e. The van der Waals surface area contributed by atoms with Gasteiger partial charge in [-0.1, -0.05) is 0 Å². The van der Waals surface area contributed by atoms with Crippen molar-refractivity contribution in [2.24, 2.45) is 5.73 Å². The zero-order chi connectivity index (χ0) is 22.9. The van der Waals surface area contributed by atoms with Crippen LogP contribution >= 0.6 is 0 Å². The first-order valence-electron chi connectivity index (χ1n) is 10.8. The van der Waals surface area contributed by atoms with E-state index in [1.54, 1.807) is 23.0 Å². The molecule has 11 nitrogen and oxygen atoms in total.